The summed E-state index contributed by atoms with van der Waals surface area (Å²) in [6, 6.07) is 0. The number of hydrogen-bond acceptors (Lipinski definition) is 5. The van der Waals surface area contributed by atoms with Crippen molar-refractivity contribution < 1.29 is 0 Å². The van der Waals surface area contributed by atoms with Crippen molar-refractivity contribution in [1.82, 2.24) is 10.6 Å². The fraction of sp³-hybridized carbons (Fsp3) is 0.667. The number of nitrogens with one attached hydrogen (secondary N) is 2. The lowest BCUT2D eigenvalue weighted by molar-refractivity contribution is 0.269. The smallest absolute Gasteiger partial charge is 0.136 e. The van der Waals surface area contributed by atoms with E-state index in [1.165, 1.54) is 0 Å². The lowest BCUT2D eigenvalue weighted by atomic mass is 9.86. The summed E-state index contributed by atoms with van der Waals surface area (Å²) in [7, 11) is 0. The van der Waals surface area contributed by atoms with Gasteiger partial charge >= 0.3 is 0 Å². The zero-order valence-electron chi connectivity index (χ0n) is 8.16. The molecule has 0 aromatic rings. The van der Waals surface area contributed by atoms with Crippen LogP contribution in [0.25, 0.3) is 0 Å². The number of piperidine rings is 1. The van der Waals surface area contributed by atoms with Crippen molar-refractivity contribution in [2.24, 2.45) is 22.4 Å². The van der Waals surface area contributed by atoms with E-state index in [9.17, 15) is 0 Å². The maximum absolute atomic E-state index is 6.19. The van der Waals surface area contributed by atoms with Crippen molar-refractivity contribution in [3.8, 4) is 0 Å². The summed E-state index contributed by atoms with van der Waals surface area (Å²) in [5.74, 6) is 0.932. The van der Waals surface area contributed by atoms with Gasteiger partial charge in [-0.3, -0.25) is 0 Å². The highest BCUT2D eigenvalue weighted by Crippen LogP contribution is 2.25. The molecule has 78 valence electrons. The van der Waals surface area contributed by atoms with Gasteiger partial charge in [0.25, 0.3) is 0 Å². The van der Waals surface area contributed by atoms with E-state index >= 15 is 0 Å². The molecule has 1 fully saturated rings. The molecule has 2 atom stereocenters. The third-order valence-corrected chi connectivity index (χ3v) is 2.86. The molecule has 1 saturated heterocycles. The summed E-state index contributed by atoms with van der Waals surface area (Å²) in [4.78, 5) is 4.28. The van der Waals surface area contributed by atoms with Crippen LogP contribution in [-0.2, 0) is 0 Å². The number of hydrogen-bond donors (Lipinski definition) is 4. The standard InChI is InChI=1S/C9H17N5/c10-8-4-9(11,14-6-13-8)7-2-1-3-12-5-7/h4,6-7,12H,1-3,5,10-11H2,(H,13,14). The minimum Gasteiger partial charge on any atom is -0.385 e. The van der Waals surface area contributed by atoms with E-state index in [-0.39, 0.29) is 0 Å². The quantitative estimate of drug-likeness (QED) is 0.435. The number of aliphatic imine (C=N–C) groups is 1. The van der Waals surface area contributed by atoms with Crippen LogP contribution >= 0.6 is 0 Å². The Hall–Kier alpha value is -1.07. The lowest BCUT2D eigenvalue weighted by Crippen LogP contribution is -2.52. The van der Waals surface area contributed by atoms with Gasteiger partial charge in [-0.2, -0.15) is 0 Å². The average Bonchev–Trinajstić information content (AvgIpc) is 2.19. The SMILES string of the molecule is NC1=CC(N)(C2CCCNC2)N=CN1. The van der Waals surface area contributed by atoms with Gasteiger partial charge in [0, 0.05) is 12.5 Å². The number of rotatable bonds is 1. The molecule has 0 aliphatic carbocycles. The molecular formula is C9H17N5. The highest BCUT2D eigenvalue weighted by molar-refractivity contribution is 5.60. The Bertz CT molecular complexity index is 266. The molecule has 14 heavy (non-hydrogen) atoms. The fourth-order valence-electron chi connectivity index (χ4n) is 2.02. The van der Waals surface area contributed by atoms with Gasteiger partial charge in [0.15, 0.2) is 0 Å². The van der Waals surface area contributed by atoms with Crippen molar-refractivity contribution in [3.05, 3.63) is 11.9 Å². The van der Waals surface area contributed by atoms with Gasteiger partial charge in [0.1, 0.15) is 11.5 Å². The first-order chi connectivity index (χ1) is 6.71. The molecular weight excluding hydrogens is 178 g/mol. The summed E-state index contributed by atoms with van der Waals surface area (Å²) in [6.07, 6.45) is 5.65. The minimum atomic E-state index is -0.622. The summed E-state index contributed by atoms with van der Waals surface area (Å²) in [5, 5.41) is 6.15. The van der Waals surface area contributed by atoms with Gasteiger partial charge < -0.3 is 22.1 Å². The Morgan fingerprint density at radius 2 is 2.43 bits per heavy atom. The average molecular weight is 195 g/mol. The summed E-state index contributed by atoms with van der Waals surface area (Å²) in [6.45, 7) is 1.99. The van der Waals surface area contributed by atoms with Crippen LogP contribution in [0.1, 0.15) is 12.8 Å². The summed E-state index contributed by atoms with van der Waals surface area (Å²) in [5.41, 5.74) is 11.2. The number of nitrogens with zero attached hydrogens (tertiary/aromatic N) is 1. The molecule has 0 aromatic carbocycles. The lowest BCUT2D eigenvalue weighted by Gasteiger charge is -2.36. The van der Waals surface area contributed by atoms with Gasteiger partial charge in [-0.05, 0) is 25.5 Å². The second-order valence-electron chi connectivity index (χ2n) is 3.93. The van der Waals surface area contributed by atoms with Gasteiger partial charge in [-0.15, -0.1) is 0 Å². The molecule has 0 amide bonds. The molecule has 0 spiro atoms. The maximum Gasteiger partial charge on any atom is 0.136 e. The highest BCUT2D eigenvalue weighted by Gasteiger charge is 2.34. The summed E-state index contributed by atoms with van der Waals surface area (Å²) >= 11 is 0. The van der Waals surface area contributed by atoms with Crippen molar-refractivity contribution in [1.29, 1.82) is 0 Å². The van der Waals surface area contributed by atoms with Crippen LogP contribution in [0.5, 0.6) is 0 Å². The van der Waals surface area contributed by atoms with Crippen molar-refractivity contribution >= 4 is 6.34 Å². The maximum atomic E-state index is 6.19. The molecule has 5 heteroatoms. The number of nitrogens with two attached hydrogens (primary N) is 2. The van der Waals surface area contributed by atoms with Gasteiger partial charge in [0.2, 0.25) is 0 Å². The predicted molar refractivity (Wildman–Crippen MR) is 56.4 cm³/mol. The normalized spacial score (nSPS) is 37.5. The minimum absolute atomic E-state index is 0.341. The Kier molecular flexibility index (Phi) is 2.43. The van der Waals surface area contributed by atoms with E-state index in [1.54, 1.807) is 6.34 Å². The third-order valence-electron chi connectivity index (χ3n) is 2.86. The molecule has 6 N–H and O–H groups in total. The van der Waals surface area contributed by atoms with Crippen molar-refractivity contribution in [2.75, 3.05) is 13.1 Å². The zero-order valence-corrected chi connectivity index (χ0v) is 8.16. The molecule has 2 rings (SSSR count). The molecule has 5 nitrogen and oxygen atoms in total. The van der Waals surface area contributed by atoms with E-state index in [0.29, 0.717) is 11.7 Å². The van der Waals surface area contributed by atoms with Crippen LogP contribution in [0.3, 0.4) is 0 Å². The third kappa shape index (κ3) is 1.73. The van der Waals surface area contributed by atoms with Gasteiger partial charge in [0.05, 0.1) is 6.34 Å². The van der Waals surface area contributed by atoms with Crippen LogP contribution < -0.4 is 22.1 Å². The molecule has 0 saturated carbocycles. The Labute approximate surface area is 83.6 Å². The Morgan fingerprint density at radius 1 is 1.57 bits per heavy atom. The van der Waals surface area contributed by atoms with Crippen LogP contribution in [0.15, 0.2) is 16.9 Å². The topological polar surface area (TPSA) is 88.5 Å². The molecule has 2 aliphatic rings. The van der Waals surface area contributed by atoms with Gasteiger partial charge in [-0.1, -0.05) is 0 Å². The zero-order chi connectivity index (χ0) is 10.0. The molecule has 0 aromatic heterocycles. The van der Waals surface area contributed by atoms with E-state index < -0.39 is 5.66 Å². The van der Waals surface area contributed by atoms with E-state index in [2.05, 4.69) is 15.6 Å². The van der Waals surface area contributed by atoms with E-state index in [1.807, 2.05) is 6.08 Å². The first-order valence-corrected chi connectivity index (χ1v) is 4.99. The van der Waals surface area contributed by atoms with Gasteiger partial charge in [-0.25, -0.2) is 4.99 Å². The fourth-order valence-corrected chi connectivity index (χ4v) is 2.02. The molecule has 2 heterocycles. The first-order valence-electron chi connectivity index (χ1n) is 4.99. The second-order valence-corrected chi connectivity index (χ2v) is 3.93. The van der Waals surface area contributed by atoms with Crippen LogP contribution in [0, 0.1) is 5.92 Å². The van der Waals surface area contributed by atoms with Crippen LogP contribution in [0.4, 0.5) is 0 Å². The van der Waals surface area contributed by atoms with Crippen LogP contribution in [-0.4, -0.2) is 25.1 Å². The second kappa shape index (κ2) is 3.59. The Balaban J connectivity index is 2.13. The molecule has 0 radical (unpaired) electrons. The molecule has 2 aliphatic heterocycles. The van der Waals surface area contributed by atoms with Crippen molar-refractivity contribution in [3.63, 3.8) is 0 Å². The molecule has 2 unspecified atom stereocenters. The van der Waals surface area contributed by atoms with Crippen molar-refractivity contribution in [2.45, 2.75) is 18.5 Å². The summed E-state index contributed by atoms with van der Waals surface area (Å²) < 4.78 is 0. The molecule has 0 bridgehead atoms. The first kappa shape index (κ1) is 9.48. The largest absolute Gasteiger partial charge is 0.385 e. The van der Waals surface area contributed by atoms with E-state index in [4.69, 9.17) is 11.5 Å². The van der Waals surface area contributed by atoms with E-state index in [0.717, 1.165) is 25.9 Å². The Morgan fingerprint density at radius 3 is 3.07 bits per heavy atom. The highest BCUT2D eigenvalue weighted by atomic mass is 15.1. The monoisotopic (exact) mass is 195 g/mol. The van der Waals surface area contributed by atoms with Crippen LogP contribution in [0.2, 0.25) is 0 Å². The predicted octanol–water partition coefficient (Wildman–Crippen LogP) is -0.927.